The third-order valence-electron chi connectivity index (χ3n) is 5.17. The van der Waals surface area contributed by atoms with Crippen molar-refractivity contribution in [2.24, 2.45) is 5.92 Å². The van der Waals surface area contributed by atoms with Gasteiger partial charge < -0.3 is 19.3 Å². The van der Waals surface area contributed by atoms with Crippen molar-refractivity contribution in [1.82, 2.24) is 15.1 Å². The van der Waals surface area contributed by atoms with Crippen molar-refractivity contribution >= 4 is 22.4 Å². The third kappa shape index (κ3) is 3.07. The fourth-order valence-corrected chi connectivity index (χ4v) is 4.42. The lowest BCUT2D eigenvalue weighted by Crippen LogP contribution is -2.46. The molecule has 7 nitrogen and oxygen atoms in total. The van der Waals surface area contributed by atoms with Crippen LogP contribution in [0.2, 0.25) is 0 Å². The van der Waals surface area contributed by atoms with Crippen LogP contribution >= 0.6 is 11.3 Å². The highest BCUT2D eigenvalue weighted by molar-refractivity contribution is 7.13. The highest BCUT2D eigenvalue weighted by Crippen LogP contribution is 2.40. The van der Waals surface area contributed by atoms with Gasteiger partial charge in [-0.05, 0) is 19.3 Å². The molecular formula is C15H22N4O3S. The molecule has 3 fully saturated rings. The molecule has 23 heavy (non-hydrogen) atoms. The number of anilines is 1. The number of amides is 1. The first kappa shape index (κ1) is 15.3. The van der Waals surface area contributed by atoms with Crippen LogP contribution in [0.4, 0.5) is 5.13 Å². The maximum atomic E-state index is 12.6. The smallest absolute Gasteiger partial charge is 0.228 e. The molecule has 3 aliphatic heterocycles. The Morgan fingerprint density at radius 1 is 1.26 bits per heavy atom. The van der Waals surface area contributed by atoms with Gasteiger partial charge in [0.1, 0.15) is 5.51 Å². The molecule has 0 unspecified atom stereocenters. The average Bonchev–Trinajstić information content (AvgIpc) is 3.27. The Morgan fingerprint density at radius 3 is 2.74 bits per heavy atom. The minimum absolute atomic E-state index is 0.0150. The van der Waals surface area contributed by atoms with Crippen LogP contribution in [0, 0.1) is 5.92 Å². The lowest BCUT2D eigenvalue weighted by Gasteiger charge is -2.38. The molecule has 4 heterocycles. The summed E-state index contributed by atoms with van der Waals surface area (Å²) in [5.74, 6) is 0.262. The van der Waals surface area contributed by atoms with Gasteiger partial charge in [-0.1, -0.05) is 11.3 Å². The second-order valence-corrected chi connectivity index (χ2v) is 7.35. The van der Waals surface area contributed by atoms with E-state index in [1.807, 2.05) is 4.90 Å². The average molecular weight is 338 g/mol. The molecule has 0 aliphatic carbocycles. The first-order valence-electron chi connectivity index (χ1n) is 8.27. The molecular weight excluding hydrogens is 316 g/mol. The van der Waals surface area contributed by atoms with Gasteiger partial charge in [-0.15, -0.1) is 10.2 Å². The van der Waals surface area contributed by atoms with E-state index in [4.69, 9.17) is 9.47 Å². The topological polar surface area (TPSA) is 67.8 Å². The quantitative estimate of drug-likeness (QED) is 0.794. The first-order chi connectivity index (χ1) is 11.3. The van der Waals surface area contributed by atoms with Gasteiger partial charge >= 0.3 is 0 Å². The van der Waals surface area contributed by atoms with Crippen LogP contribution < -0.4 is 4.90 Å². The fraction of sp³-hybridized carbons (Fsp3) is 0.800. The Balaban J connectivity index is 1.34. The van der Waals surface area contributed by atoms with Gasteiger partial charge in [0.2, 0.25) is 11.0 Å². The lowest BCUT2D eigenvalue weighted by molar-refractivity contribution is -0.139. The lowest BCUT2D eigenvalue weighted by atomic mass is 9.85. The van der Waals surface area contributed by atoms with Crippen molar-refractivity contribution in [2.75, 3.05) is 50.9 Å². The first-order valence-corrected chi connectivity index (χ1v) is 9.15. The number of rotatable bonds is 2. The number of morpholine rings is 1. The van der Waals surface area contributed by atoms with E-state index in [0.717, 1.165) is 37.5 Å². The van der Waals surface area contributed by atoms with E-state index in [1.165, 1.54) is 0 Å². The molecule has 126 valence electrons. The van der Waals surface area contributed by atoms with Gasteiger partial charge in [0.25, 0.3) is 0 Å². The van der Waals surface area contributed by atoms with Crippen LogP contribution in [0.15, 0.2) is 5.51 Å². The predicted molar refractivity (Wildman–Crippen MR) is 85.5 cm³/mol. The second kappa shape index (κ2) is 6.33. The monoisotopic (exact) mass is 338 g/mol. The Hall–Kier alpha value is -1.25. The molecule has 0 aromatic carbocycles. The van der Waals surface area contributed by atoms with Crippen LogP contribution in [-0.2, 0) is 14.3 Å². The molecule has 1 spiro atoms. The van der Waals surface area contributed by atoms with Gasteiger partial charge in [-0.25, -0.2) is 0 Å². The van der Waals surface area contributed by atoms with Crippen LogP contribution in [0.25, 0.3) is 0 Å². The van der Waals surface area contributed by atoms with Crippen molar-refractivity contribution in [2.45, 2.75) is 24.9 Å². The molecule has 1 atom stereocenters. The number of piperidine rings is 1. The summed E-state index contributed by atoms with van der Waals surface area (Å²) < 4.78 is 11.5. The van der Waals surface area contributed by atoms with Crippen molar-refractivity contribution in [3.63, 3.8) is 0 Å². The summed E-state index contributed by atoms with van der Waals surface area (Å²) in [6.07, 6.45) is 2.77. The van der Waals surface area contributed by atoms with Crippen molar-refractivity contribution in [3.05, 3.63) is 5.51 Å². The highest BCUT2D eigenvalue weighted by atomic mass is 32.1. The summed E-state index contributed by atoms with van der Waals surface area (Å²) in [5, 5.41) is 9.03. The van der Waals surface area contributed by atoms with Gasteiger partial charge in [0, 0.05) is 26.2 Å². The minimum atomic E-state index is -0.117. The molecule has 0 N–H and O–H groups in total. The minimum Gasteiger partial charge on any atom is -0.378 e. The number of hydrogen-bond donors (Lipinski definition) is 0. The van der Waals surface area contributed by atoms with Crippen molar-refractivity contribution in [3.8, 4) is 0 Å². The molecule has 4 rings (SSSR count). The number of carbonyl (C=O) groups excluding carboxylic acids is 1. The van der Waals surface area contributed by atoms with Gasteiger partial charge in [0.15, 0.2) is 0 Å². The molecule has 3 aliphatic rings. The Bertz CT molecular complexity index is 539. The molecule has 1 amide bonds. The van der Waals surface area contributed by atoms with Gasteiger partial charge in [0.05, 0.1) is 31.3 Å². The highest BCUT2D eigenvalue weighted by Gasteiger charge is 2.46. The zero-order chi connectivity index (χ0) is 15.7. The van der Waals surface area contributed by atoms with Gasteiger partial charge in [-0.2, -0.15) is 0 Å². The Morgan fingerprint density at radius 2 is 2.04 bits per heavy atom. The maximum Gasteiger partial charge on any atom is 0.228 e. The number of aromatic nitrogens is 2. The third-order valence-corrected chi connectivity index (χ3v) is 5.93. The van der Waals surface area contributed by atoms with E-state index in [-0.39, 0.29) is 17.4 Å². The standard InChI is InChI=1S/C15H22N4O3S/c20-13(18-5-7-21-8-6-18)12-9-15(22-10-12)1-3-19(4-2-15)14-17-16-11-23-14/h11-12H,1-10H2/t12-/m1/s1. The van der Waals surface area contributed by atoms with E-state index in [2.05, 4.69) is 15.1 Å². The summed E-state index contributed by atoms with van der Waals surface area (Å²) >= 11 is 1.57. The predicted octanol–water partition coefficient (Wildman–Crippen LogP) is 0.772. The second-order valence-electron chi connectivity index (χ2n) is 6.54. The van der Waals surface area contributed by atoms with Crippen LogP contribution in [0.1, 0.15) is 19.3 Å². The summed E-state index contributed by atoms with van der Waals surface area (Å²) in [4.78, 5) is 16.8. The van der Waals surface area contributed by atoms with E-state index in [1.54, 1.807) is 16.8 Å². The number of ether oxygens (including phenoxy) is 2. The zero-order valence-electron chi connectivity index (χ0n) is 13.1. The zero-order valence-corrected chi connectivity index (χ0v) is 14.0. The van der Waals surface area contributed by atoms with Crippen LogP contribution in [0.3, 0.4) is 0 Å². The van der Waals surface area contributed by atoms with Gasteiger partial charge in [-0.3, -0.25) is 4.79 Å². The van der Waals surface area contributed by atoms with Crippen LogP contribution in [0.5, 0.6) is 0 Å². The normalized spacial score (nSPS) is 27.6. The number of hydrogen-bond acceptors (Lipinski definition) is 7. The number of nitrogens with zero attached hydrogens (tertiary/aromatic N) is 4. The molecule has 1 aromatic heterocycles. The Labute approximate surface area is 139 Å². The van der Waals surface area contributed by atoms with E-state index in [0.29, 0.717) is 32.9 Å². The molecule has 0 bridgehead atoms. The molecule has 3 saturated heterocycles. The summed E-state index contributed by atoms with van der Waals surface area (Å²) in [6, 6.07) is 0. The van der Waals surface area contributed by atoms with Crippen molar-refractivity contribution < 1.29 is 14.3 Å². The van der Waals surface area contributed by atoms with E-state index >= 15 is 0 Å². The van der Waals surface area contributed by atoms with Crippen LogP contribution in [-0.4, -0.2) is 72.6 Å². The van der Waals surface area contributed by atoms with Crippen molar-refractivity contribution in [1.29, 1.82) is 0 Å². The van der Waals surface area contributed by atoms with E-state index in [9.17, 15) is 4.79 Å². The molecule has 8 heteroatoms. The fourth-order valence-electron chi connectivity index (χ4n) is 3.80. The SMILES string of the molecule is O=C([C@H]1COC2(CCN(c3nncs3)CC2)C1)N1CCOCC1. The van der Waals surface area contributed by atoms with E-state index < -0.39 is 0 Å². The Kier molecular flexibility index (Phi) is 4.21. The summed E-state index contributed by atoms with van der Waals surface area (Å²) in [7, 11) is 0. The molecule has 0 radical (unpaired) electrons. The molecule has 0 saturated carbocycles. The maximum absolute atomic E-state index is 12.6. The molecule has 1 aromatic rings. The number of carbonyl (C=O) groups is 1. The largest absolute Gasteiger partial charge is 0.378 e. The summed E-state index contributed by atoms with van der Waals surface area (Å²) in [6.45, 7) is 5.15. The summed E-state index contributed by atoms with van der Waals surface area (Å²) in [5.41, 5.74) is 1.65.